The smallest absolute Gasteiger partial charge is 0.251 e. The topological polar surface area (TPSA) is 133 Å². The van der Waals surface area contributed by atoms with E-state index in [9.17, 15) is 9.18 Å². The minimum Gasteiger partial charge on any atom is -0.370 e. The van der Waals surface area contributed by atoms with Crippen LogP contribution < -0.4 is 16.4 Å². The molecule has 200 valence electrons. The molecular formula is C28H26Cl2FN7O. The summed E-state index contributed by atoms with van der Waals surface area (Å²) in [4.78, 5) is 25.2. The van der Waals surface area contributed by atoms with E-state index in [0.717, 1.165) is 16.3 Å². The summed E-state index contributed by atoms with van der Waals surface area (Å²) in [5.41, 5.74) is 9.40. The Morgan fingerprint density at radius 1 is 0.949 bits per heavy atom. The van der Waals surface area contributed by atoms with Crippen molar-refractivity contribution in [2.45, 2.75) is 6.42 Å². The number of guanidine groups is 1. The molecule has 0 atom stereocenters. The zero-order chi connectivity index (χ0) is 25.8. The summed E-state index contributed by atoms with van der Waals surface area (Å²) in [6.45, 7) is 0.381. The summed E-state index contributed by atoms with van der Waals surface area (Å²) in [5, 5.41) is 15.3. The fourth-order valence-electron chi connectivity index (χ4n) is 4.03. The number of H-pyrrole nitrogens is 1. The Balaban J connectivity index is 0.00000210. The molecule has 5 aromatic rings. The maximum atomic E-state index is 13.1. The van der Waals surface area contributed by atoms with E-state index in [4.69, 9.17) is 11.1 Å². The summed E-state index contributed by atoms with van der Waals surface area (Å²) in [5.74, 6) is -0.235. The first-order chi connectivity index (χ1) is 17.9. The second kappa shape index (κ2) is 12.9. The fraction of sp³-hybridized carbons (Fsp3) is 0.0714. The van der Waals surface area contributed by atoms with Crippen LogP contribution in [0, 0.1) is 11.2 Å². The second-order valence-electron chi connectivity index (χ2n) is 8.53. The fourth-order valence-corrected chi connectivity index (χ4v) is 4.03. The quantitative estimate of drug-likeness (QED) is 0.130. The molecule has 0 aliphatic carbocycles. The van der Waals surface area contributed by atoms with E-state index < -0.39 is 0 Å². The Morgan fingerprint density at radius 3 is 2.44 bits per heavy atom. The van der Waals surface area contributed by atoms with Gasteiger partial charge in [-0.3, -0.25) is 15.2 Å². The molecule has 0 fully saturated rings. The molecule has 0 bridgehead atoms. The number of hydrogen-bond donors (Lipinski definition) is 5. The Morgan fingerprint density at radius 2 is 1.69 bits per heavy atom. The monoisotopic (exact) mass is 565 g/mol. The van der Waals surface area contributed by atoms with Gasteiger partial charge in [-0.2, -0.15) is 0 Å². The van der Waals surface area contributed by atoms with Gasteiger partial charge in [-0.05, 0) is 53.8 Å². The third kappa shape index (κ3) is 7.10. The number of fused-ring (bicyclic) bond motifs is 1. The Bertz CT molecular complexity index is 1610. The number of aromatic nitrogens is 3. The number of nitrogens with two attached hydrogens (primary N) is 1. The number of amides is 1. The zero-order valence-corrected chi connectivity index (χ0v) is 22.2. The van der Waals surface area contributed by atoms with Gasteiger partial charge in [0.25, 0.3) is 5.91 Å². The summed E-state index contributed by atoms with van der Waals surface area (Å²) < 4.78 is 13.1. The van der Waals surface area contributed by atoms with Crippen molar-refractivity contribution in [1.29, 1.82) is 5.41 Å². The van der Waals surface area contributed by atoms with Gasteiger partial charge in [-0.15, -0.1) is 24.8 Å². The molecule has 11 heteroatoms. The Hall–Kier alpha value is -4.47. The maximum absolute atomic E-state index is 13.1. The molecule has 8 nitrogen and oxygen atoms in total. The first kappa shape index (κ1) is 29.1. The number of hydrogen-bond acceptors (Lipinski definition) is 4. The van der Waals surface area contributed by atoms with Crippen LogP contribution in [0.4, 0.5) is 10.1 Å². The van der Waals surface area contributed by atoms with Gasteiger partial charge < -0.3 is 21.4 Å². The molecule has 5 rings (SSSR count). The molecule has 0 unspecified atom stereocenters. The summed E-state index contributed by atoms with van der Waals surface area (Å²) in [6.07, 6.45) is 4.04. The van der Waals surface area contributed by atoms with E-state index in [2.05, 4.69) is 25.6 Å². The van der Waals surface area contributed by atoms with E-state index in [1.807, 2.05) is 30.3 Å². The molecular weight excluding hydrogens is 540 g/mol. The van der Waals surface area contributed by atoms with Crippen LogP contribution in [0.1, 0.15) is 15.9 Å². The van der Waals surface area contributed by atoms with Crippen LogP contribution in [0.5, 0.6) is 0 Å². The van der Waals surface area contributed by atoms with Gasteiger partial charge >= 0.3 is 0 Å². The number of carbonyl (C=O) groups is 1. The number of halogens is 3. The number of aromatic amines is 1. The first-order valence-electron chi connectivity index (χ1n) is 11.6. The summed E-state index contributed by atoms with van der Waals surface area (Å²) in [6, 6.07) is 21.2. The molecule has 39 heavy (non-hydrogen) atoms. The van der Waals surface area contributed by atoms with E-state index in [-0.39, 0.29) is 42.5 Å². The van der Waals surface area contributed by atoms with Crippen LogP contribution in [0.15, 0.2) is 85.2 Å². The van der Waals surface area contributed by atoms with Gasteiger partial charge in [0.1, 0.15) is 11.5 Å². The third-order valence-electron chi connectivity index (χ3n) is 5.85. The molecule has 6 N–H and O–H groups in total. The van der Waals surface area contributed by atoms with Gasteiger partial charge in [0.05, 0.1) is 11.9 Å². The molecule has 0 saturated carbocycles. The number of imidazole rings is 1. The van der Waals surface area contributed by atoms with Crippen LogP contribution in [-0.2, 0) is 6.42 Å². The van der Waals surface area contributed by atoms with Gasteiger partial charge in [-0.1, -0.05) is 36.4 Å². The van der Waals surface area contributed by atoms with Crippen molar-refractivity contribution < 1.29 is 9.18 Å². The van der Waals surface area contributed by atoms with Crippen molar-refractivity contribution >= 4 is 53.1 Å². The maximum Gasteiger partial charge on any atom is 0.251 e. The summed E-state index contributed by atoms with van der Waals surface area (Å²) >= 11 is 0. The zero-order valence-electron chi connectivity index (χ0n) is 20.6. The van der Waals surface area contributed by atoms with E-state index >= 15 is 0 Å². The van der Waals surface area contributed by atoms with Gasteiger partial charge in [0.15, 0.2) is 11.8 Å². The minimum atomic E-state index is -0.298. The number of carbonyl (C=O) groups excluding carboxylic acids is 1. The largest absolute Gasteiger partial charge is 0.370 e. The highest BCUT2D eigenvalue weighted by molar-refractivity contribution is 5.98. The molecule has 0 aliphatic heterocycles. The normalized spacial score (nSPS) is 10.3. The Labute approximate surface area is 236 Å². The highest BCUT2D eigenvalue weighted by atomic mass is 35.5. The number of nitrogens with one attached hydrogen (secondary N) is 4. The van der Waals surface area contributed by atoms with Crippen LogP contribution in [0.2, 0.25) is 0 Å². The van der Waals surface area contributed by atoms with Crippen molar-refractivity contribution in [2.24, 2.45) is 5.73 Å². The number of anilines is 1. The predicted octanol–water partition coefficient (Wildman–Crippen LogP) is 5.55. The van der Waals surface area contributed by atoms with Gasteiger partial charge in [0.2, 0.25) is 0 Å². The lowest BCUT2D eigenvalue weighted by Gasteiger charge is -2.11. The molecule has 2 heterocycles. The molecule has 1 amide bonds. The molecule has 3 aromatic carbocycles. The van der Waals surface area contributed by atoms with E-state index in [1.165, 1.54) is 12.1 Å². The van der Waals surface area contributed by atoms with Crippen molar-refractivity contribution in [3.05, 3.63) is 102 Å². The number of pyridine rings is 1. The lowest BCUT2D eigenvalue weighted by atomic mass is 10.1. The lowest BCUT2D eigenvalue weighted by molar-refractivity contribution is 0.0954. The Kier molecular flexibility index (Phi) is 9.59. The van der Waals surface area contributed by atoms with Crippen LogP contribution in [-0.4, -0.2) is 33.4 Å². The molecule has 0 saturated heterocycles. The second-order valence-corrected chi connectivity index (χ2v) is 8.53. The van der Waals surface area contributed by atoms with Crippen LogP contribution >= 0.6 is 24.8 Å². The van der Waals surface area contributed by atoms with Crippen molar-refractivity contribution in [3.63, 3.8) is 0 Å². The summed E-state index contributed by atoms with van der Waals surface area (Å²) in [7, 11) is 0. The molecule has 0 radical (unpaired) electrons. The highest BCUT2D eigenvalue weighted by Gasteiger charge is 2.13. The number of nitrogens with zero attached hydrogens (tertiary/aromatic N) is 2. The van der Waals surface area contributed by atoms with E-state index in [0.29, 0.717) is 47.0 Å². The average molecular weight is 566 g/mol. The standard InChI is InChI=1S/C28H24FN7O.2ClH/c29-22-7-5-17(6-8-22)9-10-32-27(37)21-11-20(12-23(13-21)35-28(30)31)25-16-34-26(36-25)24-14-18-3-1-2-4-19(18)15-33-24;;/h1-8,11-16H,9-10H2,(H,32,37)(H,34,36)(H4,30,31,35);2*1H. The van der Waals surface area contributed by atoms with Crippen LogP contribution in [0.25, 0.3) is 33.5 Å². The SMILES string of the molecule is Cl.Cl.N=C(N)Nc1cc(C(=O)NCCc2ccc(F)cc2)cc(-c2cnc(-c3cc4ccccc4cn3)[nH]2)c1. The number of rotatable bonds is 7. The molecule has 0 spiro atoms. The highest BCUT2D eigenvalue weighted by Crippen LogP contribution is 2.27. The lowest BCUT2D eigenvalue weighted by Crippen LogP contribution is -2.26. The minimum absolute atomic E-state index is 0. The van der Waals surface area contributed by atoms with Crippen LogP contribution in [0.3, 0.4) is 0 Å². The average Bonchev–Trinajstić information content (AvgIpc) is 3.39. The van der Waals surface area contributed by atoms with Crippen molar-refractivity contribution in [1.82, 2.24) is 20.3 Å². The van der Waals surface area contributed by atoms with E-state index in [1.54, 1.807) is 42.7 Å². The molecule has 0 aliphatic rings. The van der Waals surface area contributed by atoms with Gasteiger partial charge in [-0.25, -0.2) is 9.37 Å². The van der Waals surface area contributed by atoms with Crippen molar-refractivity contribution in [3.8, 4) is 22.8 Å². The third-order valence-corrected chi connectivity index (χ3v) is 5.85. The van der Waals surface area contributed by atoms with Crippen molar-refractivity contribution in [2.75, 3.05) is 11.9 Å². The number of benzene rings is 3. The first-order valence-corrected chi connectivity index (χ1v) is 11.6. The van der Waals surface area contributed by atoms with Gasteiger partial charge in [0, 0.05) is 34.9 Å². The predicted molar refractivity (Wildman–Crippen MR) is 157 cm³/mol. The molecule has 2 aromatic heterocycles.